The number of nitrogens with zero attached hydrogens (tertiary/aromatic N) is 2. The number of aryl methyl sites for hydroxylation is 1. The average Bonchev–Trinajstić information content (AvgIpc) is 2.16. The van der Waals surface area contributed by atoms with E-state index in [9.17, 15) is 8.78 Å². The summed E-state index contributed by atoms with van der Waals surface area (Å²) in [5.41, 5.74) is 1.75. The van der Waals surface area contributed by atoms with Gasteiger partial charge in [-0.15, -0.1) is 11.6 Å². The first kappa shape index (κ1) is 12.2. The second-order valence-corrected chi connectivity index (χ2v) is 3.66. The molecule has 2 nitrogen and oxygen atoms in total. The molecule has 0 aliphatic rings. The van der Waals surface area contributed by atoms with E-state index in [1.165, 1.54) is 4.90 Å². The third-order valence-corrected chi connectivity index (χ3v) is 2.34. The van der Waals surface area contributed by atoms with E-state index in [0.29, 0.717) is 11.7 Å². The molecule has 0 saturated heterocycles. The molecule has 0 aliphatic heterocycles. The molecule has 84 valence electrons. The fourth-order valence-corrected chi connectivity index (χ4v) is 1.54. The second-order valence-electron chi connectivity index (χ2n) is 3.39. The maximum Gasteiger partial charge on any atom is 0.255 e. The van der Waals surface area contributed by atoms with Gasteiger partial charge in [0.25, 0.3) is 6.43 Å². The Morgan fingerprint density at radius 1 is 1.53 bits per heavy atom. The average molecular weight is 235 g/mol. The molecule has 0 atom stereocenters. The van der Waals surface area contributed by atoms with Crippen LogP contribution >= 0.6 is 11.6 Å². The first-order valence-electron chi connectivity index (χ1n) is 4.55. The van der Waals surface area contributed by atoms with Crippen LogP contribution < -0.4 is 4.90 Å². The molecule has 0 aliphatic carbocycles. The van der Waals surface area contributed by atoms with E-state index in [0.717, 1.165) is 11.1 Å². The highest BCUT2D eigenvalue weighted by atomic mass is 35.5. The number of hydrogen-bond donors (Lipinski definition) is 0. The lowest BCUT2D eigenvalue weighted by Gasteiger charge is -2.19. The molecule has 0 saturated carbocycles. The second kappa shape index (κ2) is 5.26. The lowest BCUT2D eigenvalue weighted by atomic mass is 10.2. The lowest BCUT2D eigenvalue weighted by molar-refractivity contribution is 0.156. The molecule has 1 aromatic heterocycles. The van der Waals surface area contributed by atoms with Gasteiger partial charge in [-0.2, -0.15) is 0 Å². The van der Waals surface area contributed by atoms with E-state index < -0.39 is 6.43 Å². The standard InChI is InChI=1S/C10H13ClF2N2/c1-7-3-8(4-11)5-14-10(7)15(2)6-9(12)13/h3,5,9H,4,6H2,1-2H3. The van der Waals surface area contributed by atoms with Gasteiger partial charge in [0.05, 0.1) is 6.54 Å². The van der Waals surface area contributed by atoms with Crippen molar-refractivity contribution in [2.75, 3.05) is 18.5 Å². The van der Waals surface area contributed by atoms with Crippen molar-refractivity contribution in [3.05, 3.63) is 23.4 Å². The molecule has 1 aromatic rings. The maximum atomic E-state index is 12.2. The quantitative estimate of drug-likeness (QED) is 0.745. The van der Waals surface area contributed by atoms with E-state index in [4.69, 9.17) is 11.6 Å². The van der Waals surface area contributed by atoms with Crippen molar-refractivity contribution in [2.45, 2.75) is 19.2 Å². The molecule has 0 N–H and O–H groups in total. The molecule has 0 amide bonds. The summed E-state index contributed by atoms with van der Waals surface area (Å²) in [6.07, 6.45) is -0.749. The Hall–Kier alpha value is -0.900. The minimum atomic E-state index is -2.36. The monoisotopic (exact) mass is 234 g/mol. The summed E-state index contributed by atoms with van der Waals surface area (Å²) in [5, 5.41) is 0. The smallest absolute Gasteiger partial charge is 0.255 e. The van der Waals surface area contributed by atoms with E-state index in [1.54, 1.807) is 13.2 Å². The highest BCUT2D eigenvalue weighted by molar-refractivity contribution is 6.17. The zero-order chi connectivity index (χ0) is 11.4. The van der Waals surface area contributed by atoms with Crippen LogP contribution in [0, 0.1) is 6.92 Å². The van der Waals surface area contributed by atoms with Gasteiger partial charge in [-0.3, -0.25) is 0 Å². The molecule has 0 unspecified atom stereocenters. The summed E-state index contributed by atoms with van der Waals surface area (Å²) >= 11 is 5.64. The predicted molar refractivity (Wildman–Crippen MR) is 57.8 cm³/mol. The Labute approximate surface area is 92.9 Å². The molecule has 1 rings (SSSR count). The minimum absolute atomic E-state index is 0.311. The third-order valence-electron chi connectivity index (χ3n) is 2.04. The molecule has 0 aromatic carbocycles. The number of anilines is 1. The van der Waals surface area contributed by atoms with Crippen molar-refractivity contribution in [2.24, 2.45) is 0 Å². The molecule has 0 spiro atoms. The van der Waals surface area contributed by atoms with Crippen molar-refractivity contribution in [1.29, 1.82) is 0 Å². The Morgan fingerprint density at radius 3 is 2.67 bits per heavy atom. The summed E-state index contributed by atoms with van der Waals surface area (Å²) in [6.45, 7) is 1.52. The SMILES string of the molecule is Cc1cc(CCl)cnc1N(C)CC(F)F. The Morgan fingerprint density at radius 2 is 2.20 bits per heavy atom. The van der Waals surface area contributed by atoms with Crippen LogP contribution in [0.15, 0.2) is 12.3 Å². The largest absolute Gasteiger partial charge is 0.354 e. The molecular weight excluding hydrogens is 222 g/mol. The van der Waals surface area contributed by atoms with E-state index in [-0.39, 0.29) is 6.54 Å². The van der Waals surface area contributed by atoms with Gasteiger partial charge in [-0.25, -0.2) is 13.8 Å². The highest BCUT2D eigenvalue weighted by Crippen LogP contribution is 2.18. The van der Waals surface area contributed by atoms with Crippen molar-refractivity contribution in [3.63, 3.8) is 0 Å². The fourth-order valence-electron chi connectivity index (χ4n) is 1.39. The topological polar surface area (TPSA) is 16.1 Å². The zero-order valence-electron chi connectivity index (χ0n) is 8.67. The van der Waals surface area contributed by atoms with Crippen LogP contribution in [0.3, 0.4) is 0 Å². The van der Waals surface area contributed by atoms with E-state index in [2.05, 4.69) is 4.98 Å². The van der Waals surface area contributed by atoms with Crippen LogP contribution in [0.2, 0.25) is 0 Å². The lowest BCUT2D eigenvalue weighted by Crippen LogP contribution is -2.25. The molecule has 0 radical (unpaired) electrons. The van der Waals surface area contributed by atoms with Crippen LogP contribution in [0.4, 0.5) is 14.6 Å². The van der Waals surface area contributed by atoms with Gasteiger partial charge in [0.1, 0.15) is 5.82 Å². The minimum Gasteiger partial charge on any atom is -0.354 e. The summed E-state index contributed by atoms with van der Waals surface area (Å²) in [7, 11) is 1.60. The van der Waals surface area contributed by atoms with Crippen LogP contribution in [-0.4, -0.2) is 25.0 Å². The maximum absolute atomic E-state index is 12.2. The Bertz CT molecular complexity index is 331. The van der Waals surface area contributed by atoms with Crippen LogP contribution in [0.25, 0.3) is 0 Å². The van der Waals surface area contributed by atoms with E-state index >= 15 is 0 Å². The number of pyridine rings is 1. The van der Waals surface area contributed by atoms with Gasteiger partial charge in [0, 0.05) is 19.1 Å². The Balaban J connectivity index is 2.85. The van der Waals surface area contributed by atoms with Crippen molar-refractivity contribution in [3.8, 4) is 0 Å². The molecule has 0 fully saturated rings. The van der Waals surface area contributed by atoms with Crippen molar-refractivity contribution >= 4 is 17.4 Å². The van der Waals surface area contributed by atoms with Gasteiger partial charge in [0.15, 0.2) is 0 Å². The van der Waals surface area contributed by atoms with E-state index in [1.807, 2.05) is 13.0 Å². The fraction of sp³-hybridized carbons (Fsp3) is 0.500. The molecule has 0 bridgehead atoms. The van der Waals surface area contributed by atoms with Crippen molar-refractivity contribution in [1.82, 2.24) is 4.98 Å². The van der Waals surface area contributed by atoms with Gasteiger partial charge in [-0.1, -0.05) is 0 Å². The number of aromatic nitrogens is 1. The predicted octanol–water partition coefficient (Wildman–Crippen LogP) is 2.83. The third kappa shape index (κ3) is 3.30. The number of halogens is 3. The molecular formula is C10H13ClF2N2. The number of rotatable bonds is 4. The summed E-state index contributed by atoms with van der Waals surface area (Å²) in [4.78, 5) is 5.55. The highest BCUT2D eigenvalue weighted by Gasteiger charge is 2.11. The van der Waals surface area contributed by atoms with Gasteiger partial charge in [-0.05, 0) is 24.1 Å². The zero-order valence-corrected chi connectivity index (χ0v) is 9.43. The molecule has 15 heavy (non-hydrogen) atoms. The number of hydrogen-bond acceptors (Lipinski definition) is 2. The van der Waals surface area contributed by atoms with Gasteiger partial charge in [0.2, 0.25) is 0 Å². The number of alkyl halides is 3. The summed E-state index contributed by atoms with van der Waals surface area (Å²) in [6, 6.07) is 1.86. The Kier molecular flexibility index (Phi) is 4.27. The van der Waals surface area contributed by atoms with Crippen LogP contribution in [0.1, 0.15) is 11.1 Å². The first-order chi connectivity index (χ1) is 7.04. The van der Waals surface area contributed by atoms with Gasteiger partial charge < -0.3 is 4.90 Å². The van der Waals surface area contributed by atoms with Gasteiger partial charge >= 0.3 is 0 Å². The van der Waals surface area contributed by atoms with Crippen LogP contribution in [0.5, 0.6) is 0 Å². The van der Waals surface area contributed by atoms with Crippen molar-refractivity contribution < 1.29 is 8.78 Å². The molecule has 1 heterocycles. The first-order valence-corrected chi connectivity index (χ1v) is 5.08. The molecule has 5 heteroatoms. The summed E-state index contributed by atoms with van der Waals surface area (Å²) in [5.74, 6) is 0.955. The van der Waals surface area contributed by atoms with Crippen LogP contribution in [-0.2, 0) is 5.88 Å². The normalized spacial score (nSPS) is 10.8. The summed E-state index contributed by atoms with van der Waals surface area (Å²) < 4.78 is 24.3.